The third-order valence-electron chi connectivity index (χ3n) is 4.55. The molecule has 0 radical (unpaired) electrons. The molecule has 2 N–H and O–H groups in total. The van der Waals surface area contributed by atoms with Gasteiger partial charge in [0.25, 0.3) is 5.91 Å². The fourth-order valence-corrected chi connectivity index (χ4v) is 3.10. The third kappa shape index (κ3) is 2.56. The maximum atomic E-state index is 12.6. The van der Waals surface area contributed by atoms with Crippen LogP contribution in [0.2, 0.25) is 0 Å². The molecule has 21 heavy (non-hydrogen) atoms. The Morgan fingerprint density at radius 3 is 2.86 bits per heavy atom. The Hall–Kier alpha value is -1.44. The number of amides is 1. The maximum absolute atomic E-state index is 12.6. The van der Waals surface area contributed by atoms with Gasteiger partial charge in [0, 0.05) is 45.6 Å². The summed E-state index contributed by atoms with van der Waals surface area (Å²) in [5.41, 5.74) is -0.812. The minimum absolute atomic E-state index is 0.123. The van der Waals surface area contributed by atoms with Gasteiger partial charge in [-0.2, -0.15) is 5.10 Å². The van der Waals surface area contributed by atoms with Gasteiger partial charge in [-0.25, -0.2) is 0 Å². The Bertz CT molecular complexity index is 484. The number of carbonyl (C=O) groups is 1. The summed E-state index contributed by atoms with van der Waals surface area (Å²) in [6.07, 6.45) is 4.62. The Kier molecular flexibility index (Phi) is 3.97. The van der Waals surface area contributed by atoms with Gasteiger partial charge in [0.2, 0.25) is 0 Å². The third-order valence-corrected chi connectivity index (χ3v) is 4.55. The van der Waals surface area contributed by atoms with Crippen LogP contribution in [0.25, 0.3) is 0 Å². The number of rotatable bonds is 4. The zero-order valence-electron chi connectivity index (χ0n) is 12.1. The van der Waals surface area contributed by atoms with Crippen LogP contribution in [0, 0.1) is 0 Å². The minimum Gasteiger partial charge on any atom is -0.391 e. The van der Waals surface area contributed by atoms with E-state index in [1.165, 1.54) is 0 Å². The zero-order chi connectivity index (χ0) is 14.9. The first-order chi connectivity index (χ1) is 10.2. The number of ether oxygens (including phenoxy) is 2. The smallest absolute Gasteiger partial charge is 0.252 e. The van der Waals surface area contributed by atoms with Crippen LogP contribution >= 0.6 is 0 Å². The molecule has 0 unspecified atom stereocenters. The van der Waals surface area contributed by atoms with Gasteiger partial charge in [-0.15, -0.1) is 0 Å². The van der Waals surface area contributed by atoms with Crippen molar-refractivity contribution in [3.63, 3.8) is 0 Å². The highest BCUT2D eigenvalue weighted by Crippen LogP contribution is 2.33. The second-order valence-corrected chi connectivity index (χ2v) is 5.67. The monoisotopic (exact) mass is 295 g/mol. The van der Waals surface area contributed by atoms with Crippen molar-refractivity contribution in [3.05, 3.63) is 18.5 Å². The standard InChI is InChI=1S/C14H21N3O4/c1-20-14(3-7-21-8-4-14)13(19)16-10-9-11(18)12(10)17-6-2-5-15-17/h2,5-6,10-12,18H,3-4,7-9H2,1H3,(H,16,19)/t10-,11+,12+/m0/s1. The molecule has 0 aromatic carbocycles. The van der Waals surface area contributed by atoms with E-state index < -0.39 is 11.7 Å². The van der Waals surface area contributed by atoms with Crippen LogP contribution in [0.5, 0.6) is 0 Å². The van der Waals surface area contributed by atoms with E-state index in [2.05, 4.69) is 10.4 Å². The quantitative estimate of drug-likeness (QED) is 0.808. The van der Waals surface area contributed by atoms with Crippen LogP contribution < -0.4 is 5.32 Å². The normalized spacial score (nSPS) is 31.4. The summed E-state index contributed by atoms with van der Waals surface area (Å²) in [7, 11) is 1.56. The topological polar surface area (TPSA) is 85.6 Å². The molecule has 2 heterocycles. The number of methoxy groups -OCH3 is 1. The molecule has 3 rings (SSSR count). The molecule has 1 aromatic heterocycles. The summed E-state index contributed by atoms with van der Waals surface area (Å²) in [4.78, 5) is 12.6. The predicted molar refractivity (Wildman–Crippen MR) is 73.6 cm³/mol. The zero-order valence-corrected chi connectivity index (χ0v) is 12.1. The number of hydrogen-bond donors (Lipinski definition) is 2. The molecule has 1 aromatic rings. The first-order valence-corrected chi connectivity index (χ1v) is 7.27. The molecule has 0 spiro atoms. The number of aliphatic hydroxyl groups excluding tert-OH is 1. The lowest BCUT2D eigenvalue weighted by atomic mass is 9.82. The summed E-state index contributed by atoms with van der Waals surface area (Å²) in [5, 5.41) is 17.1. The highest BCUT2D eigenvalue weighted by molar-refractivity contribution is 5.85. The summed E-state index contributed by atoms with van der Waals surface area (Å²) in [6, 6.07) is 1.47. The summed E-state index contributed by atoms with van der Waals surface area (Å²) in [5.74, 6) is -0.123. The second-order valence-electron chi connectivity index (χ2n) is 5.67. The maximum Gasteiger partial charge on any atom is 0.252 e. The fourth-order valence-electron chi connectivity index (χ4n) is 3.10. The van der Waals surface area contributed by atoms with Gasteiger partial charge in [0.15, 0.2) is 5.60 Å². The van der Waals surface area contributed by atoms with Crippen molar-refractivity contribution in [2.45, 2.75) is 43.1 Å². The van der Waals surface area contributed by atoms with Gasteiger partial charge < -0.3 is 19.9 Å². The summed E-state index contributed by atoms with van der Waals surface area (Å²) in [6.45, 7) is 1.05. The van der Waals surface area contributed by atoms with E-state index in [0.717, 1.165) is 0 Å². The van der Waals surface area contributed by atoms with E-state index in [9.17, 15) is 9.90 Å². The van der Waals surface area contributed by atoms with Crippen LogP contribution in [-0.4, -0.2) is 58.9 Å². The van der Waals surface area contributed by atoms with Crippen LogP contribution in [0.15, 0.2) is 18.5 Å². The Morgan fingerprint density at radius 2 is 2.29 bits per heavy atom. The molecule has 0 bridgehead atoms. The molecule has 1 amide bonds. The molecule has 1 saturated heterocycles. The average molecular weight is 295 g/mol. The van der Waals surface area contributed by atoms with Gasteiger partial charge in [-0.1, -0.05) is 0 Å². The highest BCUT2D eigenvalue weighted by atomic mass is 16.5. The molecular formula is C14H21N3O4. The predicted octanol–water partition coefficient (Wildman–Crippen LogP) is -0.131. The molecule has 1 saturated carbocycles. The number of aromatic nitrogens is 2. The van der Waals surface area contributed by atoms with Crippen molar-refractivity contribution >= 4 is 5.91 Å². The number of aliphatic hydroxyl groups is 1. The lowest BCUT2D eigenvalue weighted by molar-refractivity contribution is -0.158. The number of hydrogen-bond acceptors (Lipinski definition) is 5. The van der Waals surface area contributed by atoms with Crippen molar-refractivity contribution in [3.8, 4) is 0 Å². The van der Waals surface area contributed by atoms with E-state index in [4.69, 9.17) is 9.47 Å². The van der Waals surface area contributed by atoms with E-state index in [1.807, 2.05) is 0 Å². The number of nitrogens with zero attached hydrogens (tertiary/aromatic N) is 2. The number of carbonyl (C=O) groups excluding carboxylic acids is 1. The lowest BCUT2D eigenvalue weighted by Crippen LogP contribution is -2.61. The molecule has 1 aliphatic carbocycles. The molecule has 116 valence electrons. The van der Waals surface area contributed by atoms with Crippen LogP contribution in [-0.2, 0) is 14.3 Å². The van der Waals surface area contributed by atoms with E-state index >= 15 is 0 Å². The average Bonchev–Trinajstić information content (AvgIpc) is 3.00. The first-order valence-electron chi connectivity index (χ1n) is 7.27. The van der Waals surface area contributed by atoms with Crippen LogP contribution in [0.3, 0.4) is 0 Å². The Morgan fingerprint density at radius 1 is 1.52 bits per heavy atom. The SMILES string of the molecule is COC1(C(=O)N[C@H]2C[C@@H](O)[C@@H]2n2cccn2)CCOCC1. The van der Waals surface area contributed by atoms with Crippen molar-refractivity contribution in [1.82, 2.24) is 15.1 Å². The molecule has 7 heteroatoms. The lowest BCUT2D eigenvalue weighted by Gasteiger charge is -2.44. The molecule has 1 aliphatic heterocycles. The molecule has 3 atom stereocenters. The molecule has 2 fully saturated rings. The number of nitrogens with one attached hydrogen (secondary N) is 1. The van der Waals surface area contributed by atoms with Gasteiger partial charge in [-0.05, 0) is 12.5 Å². The second kappa shape index (κ2) is 5.75. The highest BCUT2D eigenvalue weighted by Gasteiger charge is 2.47. The van der Waals surface area contributed by atoms with Crippen LogP contribution in [0.1, 0.15) is 25.3 Å². The molecule has 2 aliphatic rings. The van der Waals surface area contributed by atoms with E-state index in [0.29, 0.717) is 32.5 Å². The Labute approximate surface area is 123 Å². The largest absolute Gasteiger partial charge is 0.391 e. The first kappa shape index (κ1) is 14.5. The van der Waals surface area contributed by atoms with Crippen molar-refractivity contribution in [2.75, 3.05) is 20.3 Å². The molecule has 7 nitrogen and oxygen atoms in total. The summed E-state index contributed by atoms with van der Waals surface area (Å²) < 4.78 is 12.5. The van der Waals surface area contributed by atoms with E-state index in [-0.39, 0.29) is 18.0 Å². The fraction of sp³-hybridized carbons (Fsp3) is 0.714. The van der Waals surface area contributed by atoms with Crippen LogP contribution in [0.4, 0.5) is 0 Å². The van der Waals surface area contributed by atoms with Gasteiger partial charge in [-0.3, -0.25) is 9.48 Å². The van der Waals surface area contributed by atoms with Gasteiger partial charge in [0.1, 0.15) is 0 Å². The van der Waals surface area contributed by atoms with Crippen molar-refractivity contribution in [1.29, 1.82) is 0 Å². The molecular weight excluding hydrogens is 274 g/mol. The van der Waals surface area contributed by atoms with Crippen molar-refractivity contribution in [2.24, 2.45) is 0 Å². The Balaban J connectivity index is 1.67. The van der Waals surface area contributed by atoms with Gasteiger partial charge in [0.05, 0.1) is 18.2 Å². The van der Waals surface area contributed by atoms with Crippen molar-refractivity contribution < 1.29 is 19.4 Å². The van der Waals surface area contributed by atoms with E-state index in [1.54, 1.807) is 30.3 Å². The minimum atomic E-state index is -0.812. The van der Waals surface area contributed by atoms with Gasteiger partial charge >= 0.3 is 0 Å². The summed E-state index contributed by atoms with van der Waals surface area (Å²) >= 11 is 0.